The normalized spacial score (nSPS) is 10.4. The fourth-order valence-corrected chi connectivity index (χ4v) is 1.98. The van der Waals surface area contributed by atoms with E-state index in [9.17, 15) is 4.79 Å². The maximum atomic E-state index is 11.7. The fourth-order valence-electron chi connectivity index (χ4n) is 1.58. The van der Waals surface area contributed by atoms with E-state index < -0.39 is 0 Å². The third-order valence-electron chi connectivity index (χ3n) is 2.50. The highest BCUT2D eigenvalue weighted by Gasteiger charge is 2.05. The number of hydrogen-bond acceptors (Lipinski definition) is 3. The molecule has 1 heterocycles. The van der Waals surface area contributed by atoms with E-state index in [-0.39, 0.29) is 5.91 Å². The molecule has 0 saturated heterocycles. The van der Waals surface area contributed by atoms with Crippen LogP contribution in [-0.2, 0) is 11.3 Å². The molecule has 19 heavy (non-hydrogen) atoms. The Bertz CT molecular complexity index is 525. The summed E-state index contributed by atoms with van der Waals surface area (Å²) in [5, 5.41) is 0. The highest BCUT2D eigenvalue weighted by atomic mass is 79.9. The second-order valence-electron chi connectivity index (χ2n) is 3.97. The summed E-state index contributed by atoms with van der Waals surface area (Å²) in [5.74, 6) is 0.668. The van der Waals surface area contributed by atoms with Gasteiger partial charge in [-0.15, -0.1) is 0 Å². The fraction of sp³-hybridized carbons (Fsp3) is 0.214. The van der Waals surface area contributed by atoms with Gasteiger partial charge in [-0.05, 0) is 36.8 Å². The Morgan fingerprint density at radius 3 is 2.95 bits per heavy atom. The van der Waals surface area contributed by atoms with Crippen molar-refractivity contribution in [2.24, 2.45) is 0 Å². The molecule has 2 rings (SSSR count). The average Bonchev–Trinajstić information content (AvgIpc) is 2.91. The van der Waals surface area contributed by atoms with Crippen LogP contribution in [0.5, 0.6) is 0 Å². The molecule has 1 aromatic carbocycles. The Morgan fingerprint density at radius 1 is 1.32 bits per heavy atom. The van der Waals surface area contributed by atoms with Gasteiger partial charge in [-0.3, -0.25) is 9.63 Å². The largest absolute Gasteiger partial charge is 0.469 e. The van der Waals surface area contributed by atoms with Crippen LogP contribution in [0.25, 0.3) is 0 Å². The van der Waals surface area contributed by atoms with Crippen molar-refractivity contribution in [3.63, 3.8) is 0 Å². The molecule has 0 unspecified atom stereocenters. The second-order valence-corrected chi connectivity index (χ2v) is 4.89. The first-order valence-corrected chi connectivity index (χ1v) is 6.75. The van der Waals surface area contributed by atoms with E-state index in [2.05, 4.69) is 21.4 Å². The summed E-state index contributed by atoms with van der Waals surface area (Å²) in [6.07, 6.45) is 3.22. The van der Waals surface area contributed by atoms with Crippen molar-refractivity contribution in [1.82, 2.24) is 5.48 Å². The van der Waals surface area contributed by atoms with E-state index in [0.717, 1.165) is 23.1 Å². The molecule has 4 nitrogen and oxygen atoms in total. The summed E-state index contributed by atoms with van der Waals surface area (Å²) in [5.41, 5.74) is 2.97. The number of aryl methyl sites for hydroxylation is 1. The standard InChI is InChI=1S/C14H14BrNO3/c15-12-5-1-4-11(10-12)14(17)16-19-9-3-7-13-6-2-8-18-13/h1-2,4-6,8,10H,3,7,9H2,(H,16,17). The van der Waals surface area contributed by atoms with E-state index in [4.69, 9.17) is 9.25 Å². The number of amides is 1. The Labute approximate surface area is 119 Å². The van der Waals surface area contributed by atoms with Gasteiger partial charge in [0.05, 0.1) is 12.9 Å². The first kappa shape index (κ1) is 13.8. The molecule has 0 aliphatic rings. The Kier molecular flexibility index (Phi) is 5.18. The molecule has 1 aromatic heterocycles. The highest BCUT2D eigenvalue weighted by Crippen LogP contribution is 2.11. The van der Waals surface area contributed by atoms with Crippen LogP contribution in [0.3, 0.4) is 0 Å². The zero-order valence-corrected chi connectivity index (χ0v) is 11.9. The molecule has 0 atom stereocenters. The molecule has 2 aromatic rings. The van der Waals surface area contributed by atoms with Gasteiger partial charge in [-0.2, -0.15) is 0 Å². The van der Waals surface area contributed by atoms with Crippen LogP contribution in [0.15, 0.2) is 51.6 Å². The van der Waals surface area contributed by atoms with Gasteiger partial charge in [0.1, 0.15) is 5.76 Å². The SMILES string of the molecule is O=C(NOCCCc1ccco1)c1cccc(Br)c1. The van der Waals surface area contributed by atoms with Gasteiger partial charge in [-0.1, -0.05) is 22.0 Å². The molecule has 1 N–H and O–H groups in total. The van der Waals surface area contributed by atoms with Crippen LogP contribution in [0.2, 0.25) is 0 Å². The lowest BCUT2D eigenvalue weighted by atomic mass is 10.2. The van der Waals surface area contributed by atoms with Crippen LogP contribution in [0.4, 0.5) is 0 Å². The van der Waals surface area contributed by atoms with Crippen LogP contribution in [0.1, 0.15) is 22.5 Å². The van der Waals surface area contributed by atoms with Gasteiger partial charge in [0.25, 0.3) is 5.91 Å². The minimum absolute atomic E-state index is 0.251. The van der Waals surface area contributed by atoms with Gasteiger partial charge < -0.3 is 4.42 Å². The molecule has 100 valence electrons. The number of benzene rings is 1. The minimum Gasteiger partial charge on any atom is -0.469 e. The summed E-state index contributed by atoms with van der Waals surface area (Å²) in [7, 11) is 0. The predicted molar refractivity (Wildman–Crippen MR) is 74.6 cm³/mol. The van der Waals surface area contributed by atoms with Gasteiger partial charge >= 0.3 is 0 Å². The Balaban J connectivity index is 1.67. The van der Waals surface area contributed by atoms with Crippen molar-refractivity contribution >= 4 is 21.8 Å². The maximum absolute atomic E-state index is 11.7. The first-order valence-electron chi connectivity index (χ1n) is 5.96. The molecule has 1 amide bonds. The summed E-state index contributed by atoms with van der Waals surface area (Å²) < 4.78 is 6.05. The number of hydroxylamine groups is 1. The lowest BCUT2D eigenvalue weighted by Crippen LogP contribution is -2.24. The molecule has 0 aliphatic heterocycles. The molecule has 0 aliphatic carbocycles. The maximum Gasteiger partial charge on any atom is 0.274 e. The van der Waals surface area contributed by atoms with Crippen LogP contribution < -0.4 is 5.48 Å². The van der Waals surface area contributed by atoms with Crippen LogP contribution in [0, 0.1) is 0 Å². The third kappa shape index (κ3) is 4.54. The molecule has 0 fully saturated rings. The number of halogens is 1. The zero-order valence-electron chi connectivity index (χ0n) is 10.3. The van der Waals surface area contributed by atoms with Crippen molar-refractivity contribution in [1.29, 1.82) is 0 Å². The van der Waals surface area contributed by atoms with E-state index in [1.54, 1.807) is 24.5 Å². The van der Waals surface area contributed by atoms with Crippen LogP contribution >= 0.6 is 15.9 Å². The van der Waals surface area contributed by atoms with Gasteiger partial charge in [-0.25, -0.2) is 5.48 Å². The summed E-state index contributed by atoms with van der Waals surface area (Å²) in [6, 6.07) is 10.9. The Hall–Kier alpha value is -1.59. The number of nitrogens with one attached hydrogen (secondary N) is 1. The molecule has 0 bridgehead atoms. The molecule has 0 spiro atoms. The topological polar surface area (TPSA) is 51.5 Å². The van der Waals surface area contributed by atoms with E-state index in [0.29, 0.717) is 12.2 Å². The predicted octanol–water partition coefficient (Wildman–Crippen LogP) is 3.34. The van der Waals surface area contributed by atoms with Crippen molar-refractivity contribution in [3.05, 3.63) is 58.5 Å². The molecular weight excluding hydrogens is 310 g/mol. The van der Waals surface area contributed by atoms with Gasteiger partial charge in [0.15, 0.2) is 0 Å². The Morgan fingerprint density at radius 2 is 2.21 bits per heavy atom. The monoisotopic (exact) mass is 323 g/mol. The first-order chi connectivity index (χ1) is 9.25. The van der Waals surface area contributed by atoms with E-state index >= 15 is 0 Å². The van der Waals surface area contributed by atoms with Crippen LogP contribution in [-0.4, -0.2) is 12.5 Å². The quantitative estimate of drug-likeness (QED) is 0.655. The summed E-state index contributed by atoms with van der Waals surface area (Å²) >= 11 is 3.31. The van der Waals surface area contributed by atoms with E-state index in [1.807, 2.05) is 18.2 Å². The molecular formula is C14H14BrNO3. The smallest absolute Gasteiger partial charge is 0.274 e. The minimum atomic E-state index is -0.251. The van der Waals surface area contributed by atoms with Gasteiger partial charge in [0, 0.05) is 16.5 Å². The average molecular weight is 324 g/mol. The highest BCUT2D eigenvalue weighted by molar-refractivity contribution is 9.10. The third-order valence-corrected chi connectivity index (χ3v) is 2.99. The summed E-state index contributed by atoms with van der Waals surface area (Å²) in [6.45, 7) is 0.445. The van der Waals surface area contributed by atoms with Crippen molar-refractivity contribution in [3.8, 4) is 0 Å². The summed E-state index contributed by atoms with van der Waals surface area (Å²) in [4.78, 5) is 16.8. The molecule has 0 radical (unpaired) electrons. The number of hydrogen-bond donors (Lipinski definition) is 1. The zero-order chi connectivity index (χ0) is 13.5. The lowest BCUT2D eigenvalue weighted by Gasteiger charge is -2.05. The van der Waals surface area contributed by atoms with Gasteiger partial charge in [0.2, 0.25) is 0 Å². The van der Waals surface area contributed by atoms with Crippen molar-refractivity contribution in [2.45, 2.75) is 12.8 Å². The number of rotatable bonds is 6. The molecule has 5 heteroatoms. The number of carbonyl (C=O) groups is 1. The molecule has 0 saturated carbocycles. The second kappa shape index (κ2) is 7.11. The number of carbonyl (C=O) groups excluding carboxylic acids is 1. The number of furan rings is 1. The van der Waals surface area contributed by atoms with Crippen molar-refractivity contribution in [2.75, 3.05) is 6.61 Å². The van der Waals surface area contributed by atoms with Crippen molar-refractivity contribution < 1.29 is 14.0 Å². The van der Waals surface area contributed by atoms with E-state index in [1.165, 1.54) is 0 Å². The lowest BCUT2D eigenvalue weighted by molar-refractivity contribution is 0.0301.